The van der Waals surface area contributed by atoms with Crippen LogP contribution in [0.25, 0.3) is 0 Å². The average molecular weight is 196 g/mol. The first-order chi connectivity index (χ1) is 6.79. The van der Waals surface area contributed by atoms with Crippen LogP contribution < -0.4 is 0 Å². The summed E-state index contributed by atoms with van der Waals surface area (Å²) in [5, 5.41) is 0. The summed E-state index contributed by atoms with van der Waals surface area (Å²) in [5.74, 6) is 1.72. The molecule has 1 rings (SSSR count). The minimum absolute atomic E-state index is 0.432. The Morgan fingerprint density at radius 3 is 2.43 bits per heavy atom. The lowest BCUT2D eigenvalue weighted by molar-refractivity contribution is -0.121. The molecule has 0 heterocycles. The van der Waals surface area contributed by atoms with Gasteiger partial charge >= 0.3 is 0 Å². The molecule has 1 aliphatic carbocycles. The van der Waals surface area contributed by atoms with Crippen molar-refractivity contribution >= 4 is 5.78 Å². The Morgan fingerprint density at radius 1 is 1.14 bits per heavy atom. The zero-order chi connectivity index (χ0) is 10.4. The number of hydrogen-bond acceptors (Lipinski definition) is 1. The van der Waals surface area contributed by atoms with Crippen LogP contribution in [-0.4, -0.2) is 5.78 Å². The van der Waals surface area contributed by atoms with E-state index in [0.717, 1.165) is 18.8 Å². The summed E-state index contributed by atoms with van der Waals surface area (Å²) < 4.78 is 0. The Bertz CT molecular complexity index is 174. The van der Waals surface area contributed by atoms with Crippen LogP contribution in [0.4, 0.5) is 0 Å². The zero-order valence-corrected chi connectivity index (χ0v) is 9.72. The van der Waals surface area contributed by atoms with Crippen LogP contribution >= 0.6 is 0 Å². The standard InChI is InChI=1S/C13H24O/c1-3-5-7-11-9-10-13(14)12(11)8-6-4-2/h11-12H,3-10H2,1-2H3. The molecule has 2 unspecified atom stereocenters. The van der Waals surface area contributed by atoms with Crippen LogP contribution in [-0.2, 0) is 4.79 Å². The maximum absolute atomic E-state index is 11.7. The van der Waals surface area contributed by atoms with Gasteiger partial charge in [-0.05, 0) is 25.2 Å². The minimum Gasteiger partial charge on any atom is -0.299 e. The number of Topliss-reactive ketones (excluding diaryl/α,β-unsaturated/α-hetero) is 1. The quantitative estimate of drug-likeness (QED) is 0.628. The molecule has 0 saturated heterocycles. The van der Waals surface area contributed by atoms with Gasteiger partial charge in [0.05, 0.1) is 0 Å². The Hall–Kier alpha value is -0.330. The van der Waals surface area contributed by atoms with Gasteiger partial charge in [0.1, 0.15) is 5.78 Å². The van der Waals surface area contributed by atoms with Gasteiger partial charge in [-0.2, -0.15) is 0 Å². The fraction of sp³-hybridized carbons (Fsp3) is 0.923. The second kappa shape index (κ2) is 6.21. The Labute approximate surface area is 88.3 Å². The van der Waals surface area contributed by atoms with Crippen molar-refractivity contribution < 1.29 is 4.79 Å². The summed E-state index contributed by atoms with van der Waals surface area (Å²) in [6.45, 7) is 4.44. The van der Waals surface area contributed by atoms with Crippen LogP contribution in [0.15, 0.2) is 0 Å². The van der Waals surface area contributed by atoms with E-state index in [1.807, 2.05) is 0 Å². The predicted octanol–water partition coefficient (Wildman–Crippen LogP) is 3.96. The number of hydrogen-bond donors (Lipinski definition) is 0. The Balaban J connectivity index is 2.36. The SMILES string of the molecule is CCCCC1CCC(=O)C1CCCC. The lowest BCUT2D eigenvalue weighted by Gasteiger charge is -2.17. The molecule has 1 nitrogen and oxygen atoms in total. The molecule has 1 saturated carbocycles. The van der Waals surface area contributed by atoms with E-state index in [1.165, 1.54) is 38.5 Å². The molecule has 0 aromatic heterocycles. The van der Waals surface area contributed by atoms with Crippen molar-refractivity contribution in [2.24, 2.45) is 11.8 Å². The van der Waals surface area contributed by atoms with E-state index in [-0.39, 0.29) is 0 Å². The van der Waals surface area contributed by atoms with Crippen molar-refractivity contribution in [3.63, 3.8) is 0 Å². The first-order valence-corrected chi connectivity index (χ1v) is 6.32. The number of ketones is 1. The highest BCUT2D eigenvalue weighted by Gasteiger charge is 2.32. The van der Waals surface area contributed by atoms with Crippen molar-refractivity contribution in [2.45, 2.75) is 65.2 Å². The molecule has 14 heavy (non-hydrogen) atoms. The van der Waals surface area contributed by atoms with Crippen LogP contribution in [0.5, 0.6) is 0 Å². The van der Waals surface area contributed by atoms with Gasteiger partial charge in [0, 0.05) is 12.3 Å². The first-order valence-electron chi connectivity index (χ1n) is 6.32. The molecule has 0 aromatic rings. The molecule has 0 aliphatic heterocycles. The highest BCUT2D eigenvalue weighted by Crippen LogP contribution is 2.35. The van der Waals surface area contributed by atoms with Crippen molar-refractivity contribution in [1.82, 2.24) is 0 Å². The predicted molar refractivity (Wildman–Crippen MR) is 60.3 cm³/mol. The van der Waals surface area contributed by atoms with Crippen molar-refractivity contribution in [1.29, 1.82) is 0 Å². The monoisotopic (exact) mass is 196 g/mol. The summed E-state index contributed by atoms with van der Waals surface area (Å²) in [6.07, 6.45) is 9.52. The van der Waals surface area contributed by atoms with Crippen molar-refractivity contribution in [2.75, 3.05) is 0 Å². The second-order valence-electron chi connectivity index (χ2n) is 4.66. The average Bonchev–Trinajstić information content (AvgIpc) is 2.53. The summed E-state index contributed by atoms with van der Waals surface area (Å²) in [5.41, 5.74) is 0. The maximum atomic E-state index is 11.7. The van der Waals surface area contributed by atoms with Gasteiger partial charge in [-0.3, -0.25) is 4.79 Å². The van der Waals surface area contributed by atoms with Crippen LogP contribution in [0.2, 0.25) is 0 Å². The summed E-state index contributed by atoms with van der Waals surface area (Å²) in [6, 6.07) is 0. The lowest BCUT2D eigenvalue weighted by Crippen LogP contribution is -2.14. The number of carbonyl (C=O) groups is 1. The largest absolute Gasteiger partial charge is 0.299 e. The Kier molecular flexibility index (Phi) is 5.21. The van der Waals surface area contributed by atoms with Gasteiger partial charge in [0.2, 0.25) is 0 Å². The fourth-order valence-electron chi connectivity index (χ4n) is 2.61. The van der Waals surface area contributed by atoms with E-state index in [1.54, 1.807) is 0 Å². The zero-order valence-electron chi connectivity index (χ0n) is 9.72. The van der Waals surface area contributed by atoms with Gasteiger partial charge in [0.15, 0.2) is 0 Å². The van der Waals surface area contributed by atoms with Gasteiger partial charge in [-0.15, -0.1) is 0 Å². The van der Waals surface area contributed by atoms with Gasteiger partial charge in [-0.25, -0.2) is 0 Å². The highest BCUT2D eigenvalue weighted by atomic mass is 16.1. The number of carbonyl (C=O) groups excluding carboxylic acids is 1. The van der Waals surface area contributed by atoms with Crippen LogP contribution in [0.3, 0.4) is 0 Å². The van der Waals surface area contributed by atoms with Crippen LogP contribution in [0, 0.1) is 11.8 Å². The first kappa shape index (κ1) is 11.7. The summed E-state index contributed by atoms with van der Waals surface area (Å²) >= 11 is 0. The number of unbranched alkanes of at least 4 members (excludes halogenated alkanes) is 2. The molecule has 1 fully saturated rings. The maximum Gasteiger partial charge on any atom is 0.136 e. The van der Waals surface area contributed by atoms with Gasteiger partial charge in [0.25, 0.3) is 0 Å². The highest BCUT2D eigenvalue weighted by molar-refractivity contribution is 5.83. The topological polar surface area (TPSA) is 17.1 Å². The molecule has 0 radical (unpaired) electrons. The minimum atomic E-state index is 0.432. The lowest BCUT2D eigenvalue weighted by atomic mass is 9.87. The fourth-order valence-corrected chi connectivity index (χ4v) is 2.61. The van der Waals surface area contributed by atoms with Gasteiger partial charge in [-0.1, -0.05) is 39.5 Å². The van der Waals surface area contributed by atoms with E-state index < -0.39 is 0 Å². The Morgan fingerprint density at radius 2 is 1.79 bits per heavy atom. The van der Waals surface area contributed by atoms with E-state index in [9.17, 15) is 4.79 Å². The molecule has 2 atom stereocenters. The molecule has 0 spiro atoms. The van der Waals surface area contributed by atoms with E-state index in [4.69, 9.17) is 0 Å². The molecule has 0 aromatic carbocycles. The third-order valence-electron chi connectivity index (χ3n) is 3.54. The molecule has 1 aliphatic rings. The third-order valence-corrected chi connectivity index (χ3v) is 3.54. The molecular weight excluding hydrogens is 172 g/mol. The number of rotatable bonds is 6. The molecule has 82 valence electrons. The summed E-state index contributed by atoms with van der Waals surface area (Å²) in [7, 11) is 0. The van der Waals surface area contributed by atoms with Crippen molar-refractivity contribution in [3.8, 4) is 0 Å². The third kappa shape index (κ3) is 3.11. The molecule has 0 amide bonds. The molecule has 0 bridgehead atoms. The molecule has 1 heteroatoms. The second-order valence-corrected chi connectivity index (χ2v) is 4.66. The van der Waals surface area contributed by atoms with E-state index in [0.29, 0.717) is 11.7 Å². The van der Waals surface area contributed by atoms with Gasteiger partial charge < -0.3 is 0 Å². The van der Waals surface area contributed by atoms with E-state index >= 15 is 0 Å². The summed E-state index contributed by atoms with van der Waals surface area (Å²) in [4.78, 5) is 11.7. The normalized spacial score (nSPS) is 27.1. The van der Waals surface area contributed by atoms with E-state index in [2.05, 4.69) is 13.8 Å². The molecular formula is C13H24O. The van der Waals surface area contributed by atoms with Crippen molar-refractivity contribution in [3.05, 3.63) is 0 Å². The van der Waals surface area contributed by atoms with Crippen LogP contribution in [0.1, 0.15) is 65.2 Å². The molecule has 0 N–H and O–H groups in total. The smallest absolute Gasteiger partial charge is 0.136 e.